The average molecular weight is 501 g/mol. The highest BCUT2D eigenvalue weighted by Crippen LogP contribution is 2.30. The van der Waals surface area contributed by atoms with Crippen LogP contribution in [0, 0.1) is 6.92 Å². The van der Waals surface area contributed by atoms with Gasteiger partial charge in [0.25, 0.3) is 0 Å². The molecule has 0 fully saturated rings. The molecule has 36 heavy (non-hydrogen) atoms. The highest BCUT2D eigenvalue weighted by molar-refractivity contribution is 7.89. The van der Waals surface area contributed by atoms with Crippen molar-refractivity contribution < 1.29 is 8.42 Å². The second-order valence-electron chi connectivity index (χ2n) is 9.38. The minimum absolute atomic E-state index is 0.286. The first-order chi connectivity index (χ1) is 17.4. The van der Waals surface area contributed by atoms with Gasteiger partial charge in [-0.05, 0) is 73.2 Å². The number of nitrogens with one attached hydrogen (secondary N) is 3. The van der Waals surface area contributed by atoms with Crippen LogP contribution >= 0.6 is 0 Å². The monoisotopic (exact) mass is 500 g/mol. The van der Waals surface area contributed by atoms with E-state index in [2.05, 4.69) is 40.7 Å². The number of unbranched alkanes of at least 4 members (excludes halogenated alkanes) is 2. The van der Waals surface area contributed by atoms with Crippen LogP contribution in [0.2, 0.25) is 0 Å². The zero-order valence-electron chi connectivity index (χ0n) is 20.8. The smallest absolute Gasteiger partial charge is 0.240 e. The quantitative estimate of drug-likeness (QED) is 0.197. The van der Waals surface area contributed by atoms with E-state index in [4.69, 9.17) is 4.98 Å². The normalized spacial score (nSPS) is 12.1. The molecule has 0 aliphatic heterocycles. The molecule has 3 N–H and O–H groups in total. The number of H-pyrrole nitrogens is 2. The molecule has 0 unspecified atom stereocenters. The summed E-state index contributed by atoms with van der Waals surface area (Å²) < 4.78 is 28.7. The van der Waals surface area contributed by atoms with Crippen molar-refractivity contribution in [2.75, 3.05) is 6.54 Å². The number of sulfonamides is 1. The Morgan fingerprint density at radius 1 is 0.889 bits per heavy atom. The summed E-state index contributed by atoms with van der Waals surface area (Å²) in [5.41, 5.74) is 7.15. The van der Waals surface area contributed by atoms with Gasteiger partial charge in [-0.2, -0.15) is 0 Å². The van der Waals surface area contributed by atoms with Gasteiger partial charge in [-0.25, -0.2) is 18.1 Å². The summed E-state index contributed by atoms with van der Waals surface area (Å²) in [7, 11) is -3.60. The lowest BCUT2D eigenvalue weighted by atomic mass is 10.1. The fraction of sp³-hybridized carbons (Fsp3) is 0.276. The molecule has 7 heteroatoms. The number of benzene rings is 3. The van der Waals surface area contributed by atoms with Crippen molar-refractivity contribution in [1.29, 1.82) is 0 Å². The number of rotatable bonds is 10. The molecule has 0 atom stereocenters. The SMILES string of the molecule is CCCCCc1ccc(S(=O)(=O)NCCc2c(-c3nc4ccc(C)cc4[nH]3)[nH]c3ccccc23)cc1. The zero-order chi connectivity index (χ0) is 25.1. The lowest BCUT2D eigenvalue weighted by Crippen LogP contribution is -2.26. The van der Waals surface area contributed by atoms with Crippen molar-refractivity contribution >= 4 is 32.0 Å². The second kappa shape index (κ2) is 10.3. The van der Waals surface area contributed by atoms with E-state index < -0.39 is 10.0 Å². The molecular weight excluding hydrogens is 468 g/mol. The third kappa shape index (κ3) is 5.08. The minimum Gasteiger partial charge on any atom is -0.352 e. The Kier molecular flexibility index (Phi) is 6.94. The van der Waals surface area contributed by atoms with E-state index >= 15 is 0 Å². The van der Waals surface area contributed by atoms with Gasteiger partial charge in [0, 0.05) is 17.4 Å². The zero-order valence-corrected chi connectivity index (χ0v) is 21.6. The lowest BCUT2D eigenvalue weighted by Gasteiger charge is -2.09. The van der Waals surface area contributed by atoms with Gasteiger partial charge in [0.15, 0.2) is 5.82 Å². The molecule has 2 heterocycles. The maximum atomic E-state index is 13.0. The van der Waals surface area contributed by atoms with Gasteiger partial charge in [-0.1, -0.05) is 56.2 Å². The Hall–Kier alpha value is -3.42. The summed E-state index contributed by atoms with van der Waals surface area (Å²) in [6.45, 7) is 4.52. The van der Waals surface area contributed by atoms with Crippen molar-refractivity contribution in [2.45, 2.75) is 50.8 Å². The largest absolute Gasteiger partial charge is 0.352 e. The first-order valence-electron chi connectivity index (χ1n) is 12.6. The van der Waals surface area contributed by atoms with Gasteiger partial charge in [0.2, 0.25) is 10.0 Å². The molecule has 2 aromatic heterocycles. The summed E-state index contributed by atoms with van der Waals surface area (Å²) in [4.78, 5) is 12.0. The third-order valence-electron chi connectivity index (χ3n) is 6.66. The van der Waals surface area contributed by atoms with E-state index in [1.165, 1.54) is 18.4 Å². The molecule has 0 radical (unpaired) electrons. The topological polar surface area (TPSA) is 90.6 Å². The summed E-state index contributed by atoms with van der Waals surface area (Å²) >= 11 is 0. The van der Waals surface area contributed by atoms with Gasteiger partial charge < -0.3 is 9.97 Å². The fourth-order valence-electron chi connectivity index (χ4n) is 4.71. The number of nitrogens with zero attached hydrogens (tertiary/aromatic N) is 1. The Balaban J connectivity index is 1.36. The molecule has 0 saturated carbocycles. The maximum Gasteiger partial charge on any atom is 0.240 e. The van der Waals surface area contributed by atoms with Crippen LogP contribution in [-0.2, 0) is 22.9 Å². The van der Waals surface area contributed by atoms with Crippen molar-refractivity contribution in [3.05, 3.63) is 83.4 Å². The van der Waals surface area contributed by atoms with Crippen molar-refractivity contribution in [3.8, 4) is 11.5 Å². The Morgan fingerprint density at radius 2 is 1.69 bits per heavy atom. The van der Waals surface area contributed by atoms with Crippen molar-refractivity contribution in [2.24, 2.45) is 0 Å². The molecule has 0 spiro atoms. The van der Waals surface area contributed by atoms with Gasteiger partial charge >= 0.3 is 0 Å². The number of imidazole rings is 1. The highest BCUT2D eigenvalue weighted by Gasteiger charge is 2.18. The molecule has 0 amide bonds. The van der Waals surface area contributed by atoms with Crippen LogP contribution in [0.3, 0.4) is 0 Å². The first-order valence-corrected chi connectivity index (χ1v) is 14.1. The Bertz CT molecular complexity index is 1600. The third-order valence-corrected chi connectivity index (χ3v) is 8.13. The minimum atomic E-state index is -3.60. The summed E-state index contributed by atoms with van der Waals surface area (Å²) in [5.74, 6) is 0.753. The molecule has 5 aromatic rings. The van der Waals surface area contributed by atoms with Crippen molar-refractivity contribution in [3.63, 3.8) is 0 Å². The van der Waals surface area contributed by atoms with Crippen molar-refractivity contribution in [1.82, 2.24) is 19.7 Å². The number of hydrogen-bond acceptors (Lipinski definition) is 3. The van der Waals surface area contributed by atoms with Crippen LogP contribution in [0.15, 0.2) is 71.6 Å². The number of aromatic nitrogens is 3. The van der Waals surface area contributed by atoms with Crippen LogP contribution < -0.4 is 4.72 Å². The lowest BCUT2D eigenvalue weighted by molar-refractivity contribution is 0.581. The number of fused-ring (bicyclic) bond motifs is 2. The second-order valence-corrected chi connectivity index (χ2v) is 11.1. The van der Waals surface area contributed by atoms with E-state index in [0.29, 0.717) is 11.3 Å². The van der Waals surface area contributed by atoms with Crippen LogP contribution in [0.25, 0.3) is 33.5 Å². The predicted molar refractivity (Wildman–Crippen MR) is 147 cm³/mol. The van der Waals surface area contributed by atoms with E-state index in [1.807, 2.05) is 42.5 Å². The molecule has 0 aliphatic carbocycles. The molecular formula is C29H32N4O2S. The Labute approximate surface area is 212 Å². The van der Waals surface area contributed by atoms with E-state index in [-0.39, 0.29) is 6.54 Å². The van der Waals surface area contributed by atoms with Gasteiger partial charge in [-0.15, -0.1) is 0 Å². The summed E-state index contributed by atoms with van der Waals surface area (Å²) in [6, 6.07) is 21.5. The fourth-order valence-corrected chi connectivity index (χ4v) is 5.74. The van der Waals surface area contributed by atoms with Gasteiger partial charge in [0.05, 0.1) is 21.6 Å². The van der Waals surface area contributed by atoms with Gasteiger partial charge in [-0.3, -0.25) is 0 Å². The van der Waals surface area contributed by atoms with Crippen LogP contribution in [-0.4, -0.2) is 29.9 Å². The molecule has 3 aromatic carbocycles. The highest BCUT2D eigenvalue weighted by atomic mass is 32.2. The van der Waals surface area contributed by atoms with Crippen LogP contribution in [0.4, 0.5) is 0 Å². The van der Waals surface area contributed by atoms with E-state index in [0.717, 1.165) is 57.4 Å². The number of aromatic amines is 2. The van der Waals surface area contributed by atoms with E-state index in [9.17, 15) is 8.42 Å². The van der Waals surface area contributed by atoms with Crippen LogP contribution in [0.1, 0.15) is 42.9 Å². The molecule has 5 rings (SSSR count). The molecule has 0 bridgehead atoms. The maximum absolute atomic E-state index is 13.0. The van der Waals surface area contributed by atoms with E-state index in [1.54, 1.807) is 12.1 Å². The Morgan fingerprint density at radius 3 is 2.50 bits per heavy atom. The number of aryl methyl sites for hydroxylation is 2. The number of para-hydroxylation sites is 1. The number of hydrogen-bond donors (Lipinski definition) is 3. The van der Waals surface area contributed by atoms with Crippen LogP contribution in [0.5, 0.6) is 0 Å². The van der Waals surface area contributed by atoms with Gasteiger partial charge in [0.1, 0.15) is 0 Å². The standard InChI is InChI=1S/C29H32N4O2S/c1-3-4-5-8-21-12-14-22(15-13-21)36(34,35)30-18-17-24-23-9-6-7-10-25(23)31-28(24)29-32-26-16-11-20(2)19-27(26)33-29/h6-7,9-16,19,30-31H,3-5,8,17-18H2,1-2H3,(H,32,33). The summed E-state index contributed by atoms with van der Waals surface area (Å²) in [5, 5.41) is 1.07. The predicted octanol–water partition coefficient (Wildman–Crippen LogP) is 6.27. The molecule has 0 saturated heterocycles. The summed E-state index contributed by atoms with van der Waals surface area (Å²) in [6.07, 6.45) is 4.99. The molecule has 6 nitrogen and oxygen atoms in total. The molecule has 0 aliphatic rings. The molecule has 186 valence electrons. The average Bonchev–Trinajstić information content (AvgIpc) is 3.45. The first kappa shape index (κ1) is 24.3.